The van der Waals surface area contributed by atoms with Gasteiger partial charge in [0.2, 0.25) is 0 Å². The molecule has 1 aromatic rings. The number of fused-ring (bicyclic) bond motifs is 1. The number of rotatable bonds is 2. The van der Waals surface area contributed by atoms with Gasteiger partial charge in [-0.2, -0.15) is 5.10 Å². The monoisotopic (exact) mass is 234 g/mol. The van der Waals surface area contributed by atoms with Crippen LogP contribution in [0.15, 0.2) is 0 Å². The number of hydrogen-bond donors (Lipinski definition) is 1. The Morgan fingerprint density at radius 1 is 1.24 bits per heavy atom. The molecule has 2 aliphatic rings. The predicted molar refractivity (Wildman–Crippen MR) is 67.8 cm³/mol. The minimum absolute atomic E-state index is 0.882. The van der Waals surface area contributed by atoms with Crippen molar-refractivity contribution < 1.29 is 0 Å². The lowest BCUT2D eigenvalue weighted by Crippen LogP contribution is -2.25. The van der Waals surface area contributed by atoms with Crippen molar-refractivity contribution in [2.75, 3.05) is 26.2 Å². The van der Waals surface area contributed by atoms with Gasteiger partial charge in [0.25, 0.3) is 0 Å². The van der Waals surface area contributed by atoms with Gasteiger partial charge in [-0.25, -0.2) is 0 Å². The van der Waals surface area contributed by atoms with Crippen LogP contribution in [0.4, 0.5) is 0 Å². The highest BCUT2D eigenvalue weighted by molar-refractivity contribution is 5.24. The second-order valence-electron chi connectivity index (χ2n) is 5.65. The summed E-state index contributed by atoms with van der Waals surface area (Å²) in [6.45, 7) is 10.3. The third-order valence-electron chi connectivity index (χ3n) is 4.51. The molecule has 2 saturated heterocycles. The van der Waals surface area contributed by atoms with Crippen molar-refractivity contribution in [3.63, 3.8) is 0 Å². The first kappa shape index (κ1) is 11.2. The number of likely N-dealkylation sites (tertiary alicyclic amines) is 1. The average molecular weight is 234 g/mol. The zero-order valence-corrected chi connectivity index (χ0v) is 11.0. The fourth-order valence-electron chi connectivity index (χ4n) is 3.35. The molecule has 2 unspecified atom stereocenters. The van der Waals surface area contributed by atoms with Crippen LogP contribution in [0.1, 0.15) is 17.0 Å². The molecule has 17 heavy (non-hydrogen) atoms. The van der Waals surface area contributed by atoms with E-state index in [1.807, 2.05) is 11.7 Å². The standard InChI is InChI=1S/C13H22N4/c1-9-13(10(2)16(3)15-9)8-17-6-11-4-14-5-12(11)7-17/h11-12,14H,4-8H2,1-3H3. The summed E-state index contributed by atoms with van der Waals surface area (Å²) in [5.74, 6) is 1.76. The fraction of sp³-hybridized carbons (Fsp3) is 0.769. The van der Waals surface area contributed by atoms with Gasteiger partial charge in [-0.15, -0.1) is 0 Å². The van der Waals surface area contributed by atoms with E-state index < -0.39 is 0 Å². The summed E-state index contributed by atoms with van der Waals surface area (Å²) in [4.78, 5) is 2.60. The molecule has 0 radical (unpaired) electrons. The van der Waals surface area contributed by atoms with Gasteiger partial charge in [-0.05, 0) is 38.8 Å². The predicted octanol–water partition coefficient (Wildman–Crippen LogP) is 0.688. The molecule has 94 valence electrons. The van der Waals surface area contributed by atoms with E-state index in [1.54, 1.807) is 0 Å². The van der Waals surface area contributed by atoms with E-state index in [9.17, 15) is 0 Å². The molecular formula is C13H22N4. The topological polar surface area (TPSA) is 33.1 Å². The Bertz CT molecular complexity index is 411. The number of hydrogen-bond acceptors (Lipinski definition) is 3. The SMILES string of the molecule is Cc1nn(C)c(C)c1CN1CC2CNCC2C1. The van der Waals surface area contributed by atoms with Crippen LogP contribution in [0.2, 0.25) is 0 Å². The lowest BCUT2D eigenvalue weighted by Gasteiger charge is -2.17. The van der Waals surface area contributed by atoms with E-state index in [2.05, 4.69) is 29.2 Å². The van der Waals surface area contributed by atoms with Crippen LogP contribution in [0.3, 0.4) is 0 Å². The second-order valence-corrected chi connectivity index (χ2v) is 5.65. The maximum Gasteiger partial charge on any atom is 0.0641 e. The minimum Gasteiger partial charge on any atom is -0.316 e. The second kappa shape index (κ2) is 4.10. The highest BCUT2D eigenvalue weighted by Gasteiger charge is 2.36. The van der Waals surface area contributed by atoms with Gasteiger partial charge in [0.05, 0.1) is 5.69 Å². The van der Waals surface area contributed by atoms with Crippen molar-refractivity contribution >= 4 is 0 Å². The molecule has 1 aromatic heterocycles. The lowest BCUT2D eigenvalue weighted by atomic mass is 10.0. The number of nitrogens with zero attached hydrogens (tertiary/aromatic N) is 3. The lowest BCUT2D eigenvalue weighted by molar-refractivity contribution is 0.304. The molecule has 3 heterocycles. The zero-order chi connectivity index (χ0) is 12.0. The maximum atomic E-state index is 4.50. The molecule has 2 fully saturated rings. The molecule has 4 heteroatoms. The Morgan fingerprint density at radius 2 is 1.88 bits per heavy atom. The molecule has 0 aromatic carbocycles. The van der Waals surface area contributed by atoms with E-state index in [4.69, 9.17) is 0 Å². The summed E-state index contributed by atoms with van der Waals surface area (Å²) in [7, 11) is 2.04. The van der Waals surface area contributed by atoms with Gasteiger partial charge in [0.15, 0.2) is 0 Å². The van der Waals surface area contributed by atoms with Crippen molar-refractivity contribution in [2.45, 2.75) is 20.4 Å². The summed E-state index contributed by atoms with van der Waals surface area (Å²) in [5.41, 5.74) is 3.94. The average Bonchev–Trinajstić information content (AvgIpc) is 2.89. The molecular weight excluding hydrogens is 212 g/mol. The third kappa shape index (κ3) is 1.89. The molecule has 0 saturated carbocycles. The van der Waals surface area contributed by atoms with Gasteiger partial charge >= 0.3 is 0 Å². The molecule has 2 atom stereocenters. The smallest absolute Gasteiger partial charge is 0.0641 e. The Kier molecular flexibility index (Phi) is 2.71. The fourth-order valence-corrected chi connectivity index (χ4v) is 3.35. The Hall–Kier alpha value is -0.870. The highest BCUT2D eigenvalue weighted by Crippen LogP contribution is 2.28. The summed E-state index contributed by atoms with van der Waals surface area (Å²) in [6.07, 6.45) is 0. The van der Waals surface area contributed by atoms with E-state index in [0.717, 1.165) is 18.4 Å². The van der Waals surface area contributed by atoms with Crippen molar-refractivity contribution in [1.82, 2.24) is 20.0 Å². The van der Waals surface area contributed by atoms with Gasteiger partial charge in [-0.1, -0.05) is 0 Å². The van der Waals surface area contributed by atoms with Crippen LogP contribution in [-0.2, 0) is 13.6 Å². The zero-order valence-electron chi connectivity index (χ0n) is 11.0. The van der Waals surface area contributed by atoms with Gasteiger partial charge in [-0.3, -0.25) is 9.58 Å². The Balaban J connectivity index is 1.71. The van der Waals surface area contributed by atoms with E-state index in [1.165, 1.54) is 43.1 Å². The van der Waals surface area contributed by atoms with Crippen LogP contribution in [-0.4, -0.2) is 40.9 Å². The largest absolute Gasteiger partial charge is 0.316 e. The van der Waals surface area contributed by atoms with Crippen molar-refractivity contribution in [3.05, 3.63) is 17.0 Å². The molecule has 0 aliphatic carbocycles. The first-order chi connectivity index (χ1) is 8.15. The van der Waals surface area contributed by atoms with E-state index in [0.29, 0.717) is 0 Å². The normalized spacial score (nSPS) is 28.9. The van der Waals surface area contributed by atoms with Crippen LogP contribution in [0.5, 0.6) is 0 Å². The van der Waals surface area contributed by atoms with Crippen molar-refractivity contribution in [1.29, 1.82) is 0 Å². The summed E-state index contributed by atoms with van der Waals surface area (Å²) in [5, 5.41) is 7.99. The van der Waals surface area contributed by atoms with Gasteiger partial charge < -0.3 is 5.32 Å². The third-order valence-corrected chi connectivity index (χ3v) is 4.51. The van der Waals surface area contributed by atoms with Gasteiger partial charge in [0, 0.05) is 37.9 Å². The molecule has 0 bridgehead atoms. The summed E-state index contributed by atoms with van der Waals surface area (Å²) in [6, 6.07) is 0. The first-order valence-corrected chi connectivity index (χ1v) is 6.57. The number of nitrogens with one attached hydrogen (secondary N) is 1. The molecule has 3 rings (SSSR count). The van der Waals surface area contributed by atoms with Gasteiger partial charge in [0.1, 0.15) is 0 Å². The van der Waals surface area contributed by atoms with Crippen LogP contribution >= 0.6 is 0 Å². The molecule has 4 nitrogen and oxygen atoms in total. The van der Waals surface area contributed by atoms with Crippen LogP contribution in [0.25, 0.3) is 0 Å². The molecule has 2 aliphatic heterocycles. The first-order valence-electron chi connectivity index (χ1n) is 6.57. The highest BCUT2D eigenvalue weighted by atomic mass is 15.3. The number of aromatic nitrogens is 2. The number of aryl methyl sites for hydroxylation is 2. The van der Waals surface area contributed by atoms with E-state index in [-0.39, 0.29) is 0 Å². The minimum atomic E-state index is 0.882. The quantitative estimate of drug-likeness (QED) is 0.817. The Morgan fingerprint density at radius 3 is 2.41 bits per heavy atom. The maximum absolute atomic E-state index is 4.50. The molecule has 0 amide bonds. The molecule has 0 spiro atoms. The van der Waals surface area contributed by atoms with Crippen molar-refractivity contribution in [2.24, 2.45) is 18.9 Å². The summed E-state index contributed by atoms with van der Waals surface area (Å²) >= 11 is 0. The van der Waals surface area contributed by atoms with Crippen molar-refractivity contribution in [3.8, 4) is 0 Å². The van der Waals surface area contributed by atoms with Crippen LogP contribution < -0.4 is 5.32 Å². The molecule has 1 N–H and O–H groups in total. The Labute approximate surface area is 103 Å². The summed E-state index contributed by atoms with van der Waals surface area (Å²) < 4.78 is 2.00. The van der Waals surface area contributed by atoms with E-state index >= 15 is 0 Å². The van der Waals surface area contributed by atoms with Crippen LogP contribution in [0, 0.1) is 25.7 Å².